The minimum atomic E-state index is -1.51. The maximum atomic E-state index is 15.0. The van der Waals surface area contributed by atoms with E-state index in [0.29, 0.717) is 26.2 Å². The number of halogens is 2. The van der Waals surface area contributed by atoms with Gasteiger partial charge in [-0.3, -0.25) is 9.47 Å². The number of carboxylic acid groups (broad SMARTS) is 1. The number of likely N-dealkylation sites (N-methyl/N-ethyl adjacent to an activating group) is 1. The number of benzene rings is 1. The fraction of sp³-hybridized carbons (Fsp3) is 0.375. The summed E-state index contributed by atoms with van der Waals surface area (Å²) < 4.78 is 30.3. The standard InChI is InChI=1S/C16H18F2N4O3/c1-2-20-3-5-21(6-4-20)14-11(17)7-9-13(12(14)18)22(19)8-10(15(9)23)16(24)25/h7-8H,2-6,19H2,1H3,(H,24,25). The van der Waals surface area contributed by atoms with E-state index in [-0.39, 0.29) is 11.2 Å². The summed E-state index contributed by atoms with van der Waals surface area (Å²) >= 11 is 0. The molecule has 1 aliphatic heterocycles. The van der Waals surface area contributed by atoms with Crippen molar-refractivity contribution in [2.75, 3.05) is 43.5 Å². The molecule has 7 nitrogen and oxygen atoms in total. The number of nitrogen functional groups attached to an aromatic ring is 1. The Hall–Kier alpha value is -2.68. The van der Waals surface area contributed by atoms with E-state index in [4.69, 9.17) is 10.9 Å². The van der Waals surface area contributed by atoms with Gasteiger partial charge in [0.25, 0.3) is 0 Å². The third-order valence-electron chi connectivity index (χ3n) is 4.55. The largest absolute Gasteiger partial charge is 0.477 e. The molecule has 0 atom stereocenters. The molecule has 25 heavy (non-hydrogen) atoms. The summed E-state index contributed by atoms with van der Waals surface area (Å²) in [6.45, 7) is 5.09. The van der Waals surface area contributed by atoms with Crippen molar-refractivity contribution in [1.29, 1.82) is 0 Å². The van der Waals surface area contributed by atoms with Crippen LogP contribution in [0.4, 0.5) is 14.5 Å². The van der Waals surface area contributed by atoms with Crippen molar-refractivity contribution in [2.24, 2.45) is 0 Å². The SMILES string of the molecule is CCN1CCN(c2c(F)cc3c(=O)c(C(=O)O)cn(N)c3c2F)CC1. The molecule has 3 rings (SSSR count). The van der Waals surface area contributed by atoms with Gasteiger partial charge in [0.2, 0.25) is 5.43 Å². The summed E-state index contributed by atoms with van der Waals surface area (Å²) in [5.74, 6) is 2.30. The lowest BCUT2D eigenvalue weighted by Gasteiger charge is -2.35. The Morgan fingerprint density at radius 1 is 1.28 bits per heavy atom. The van der Waals surface area contributed by atoms with E-state index in [1.165, 1.54) is 0 Å². The lowest BCUT2D eigenvalue weighted by Crippen LogP contribution is -2.46. The van der Waals surface area contributed by atoms with Gasteiger partial charge >= 0.3 is 5.97 Å². The van der Waals surface area contributed by atoms with Gasteiger partial charge < -0.3 is 20.7 Å². The highest BCUT2D eigenvalue weighted by Gasteiger charge is 2.26. The second kappa shape index (κ2) is 6.32. The molecule has 0 radical (unpaired) electrons. The molecule has 0 aliphatic carbocycles. The molecule has 1 aromatic carbocycles. The van der Waals surface area contributed by atoms with Crippen molar-refractivity contribution < 1.29 is 18.7 Å². The summed E-state index contributed by atoms with van der Waals surface area (Å²) in [6.07, 6.45) is 0.840. The lowest BCUT2D eigenvalue weighted by molar-refractivity contribution is 0.0695. The van der Waals surface area contributed by atoms with Gasteiger partial charge in [0, 0.05) is 32.4 Å². The van der Waals surface area contributed by atoms with Crippen LogP contribution in [0, 0.1) is 11.6 Å². The number of hydrogen-bond acceptors (Lipinski definition) is 5. The van der Waals surface area contributed by atoms with E-state index < -0.39 is 34.0 Å². The quantitative estimate of drug-likeness (QED) is 0.795. The van der Waals surface area contributed by atoms with Gasteiger partial charge in [0.05, 0.1) is 5.39 Å². The highest BCUT2D eigenvalue weighted by atomic mass is 19.1. The maximum Gasteiger partial charge on any atom is 0.341 e. The van der Waals surface area contributed by atoms with Crippen molar-refractivity contribution in [3.8, 4) is 0 Å². The number of nitrogens with zero attached hydrogens (tertiary/aromatic N) is 3. The molecule has 2 aromatic rings. The molecule has 134 valence electrons. The Labute approximate surface area is 141 Å². The van der Waals surface area contributed by atoms with Crippen LogP contribution in [-0.4, -0.2) is 53.4 Å². The Morgan fingerprint density at radius 2 is 1.92 bits per heavy atom. The van der Waals surface area contributed by atoms with Gasteiger partial charge in [-0.05, 0) is 12.6 Å². The molecular formula is C16H18F2N4O3. The number of anilines is 1. The first-order valence-corrected chi connectivity index (χ1v) is 7.88. The second-order valence-electron chi connectivity index (χ2n) is 5.92. The van der Waals surface area contributed by atoms with E-state index in [0.717, 1.165) is 23.5 Å². The molecule has 0 saturated carbocycles. The fourth-order valence-electron chi connectivity index (χ4n) is 3.16. The lowest BCUT2D eigenvalue weighted by atomic mass is 10.1. The topological polar surface area (TPSA) is 91.8 Å². The Balaban J connectivity index is 2.17. The Kier molecular flexibility index (Phi) is 4.34. The zero-order chi connectivity index (χ0) is 18.3. The van der Waals surface area contributed by atoms with Crippen LogP contribution < -0.4 is 16.2 Å². The molecule has 0 amide bonds. The molecule has 1 fully saturated rings. The number of rotatable bonds is 3. The van der Waals surface area contributed by atoms with Gasteiger partial charge in [-0.1, -0.05) is 6.92 Å². The van der Waals surface area contributed by atoms with Crippen molar-refractivity contribution in [3.05, 3.63) is 39.7 Å². The van der Waals surface area contributed by atoms with Crippen molar-refractivity contribution in [1.82, 2.24) is 9.58 Å². The molecule has 0 spiro atoms. The zero-order valence-electron chi connectivity index (χ0n) is 13.6. The summed E-state index contributed by atoms with van der Waals surface area (Å²) in [7, 11) is 0. The van der Waals surface area contributed by atoms with Gasteiger partial charge in [0.15, 0.2) is 5.82 Å². The van der Waals surface area contributed by atoms with Crippen molar-refractivity contribution >= 4 is 22.6 Å². The zero-order valence-corrected chi connectivity index (χ0v) is 13.6. The number of fused-ring (bicyclic) bond motifs is 1. The van der Waals surface area contributed by atoms with E-state index in [1.807, 2.05) is 6.92 Å². The number of aromatic carboxylic acids is 1. The first-order valence-electron chi connectivity index (χ1n) is 7.88. The third-order valence-corrected chi connectivity index (χ3v) is 4.55. The maximum absolute atomic E-state index is 15.0. The van der Waals surface area contributed by atoms with Crippen molar-refractivity contribution in [2.45, 2.75) is 6.92 Å². The molecule has 1 aromatic heterocycles. The first-order chi connectivity index (χ1) is 11.8. The molecule has 2 heterocycles. The second-order valence-corrected chi connectivity index (χ2v) is 5.92. The minimum Gasteiger partial charge on any atom is -0.477 e. The normalized spacial score (nSPS) is 15.7. The molecule has 1 saturated heterocycles. The van der Waals surface area contributed by atoms with Crippen LogP contribution in [0.25, 0.3) is 10.9 Å². The summed E-state index contributed by atoms with van der Waals surface area (Å²) in [5, 5.41) is 8.63. The van der Waals surface area contributed by atoms with E-state index in [1.54, 1.807) is 4.90 Å². The van der Waals surface area contributed by atoms with Gasteiger partial charge in [0.1, 0.15) is 22.6 Å². The van der Waals surface area contributed by atoms with Crippen LogP contribution in [0.15, 0.2) is 17.1 Å². The number of aromatic nitrogens is 1. The predicted molar refractivity (Wildman–Crippen MR) is 89.6 cm³/mol. The Morgan fingerprint density at radius 3 is 2.48 bits per heavy atom. The van der Waals surface area contributed by atoms with Crippen LogP contribution >= 0.6 is 0 Å². The number of hydrogen-bond donors (Lipinski definition) is 2. The van der Waals surface area contributed by atoms with Crippen molar-refractivity contribution in [3.63, 3.8) is 0 Å². The fourth-order valence-corrected chi connectivity index (χ4v) is 3.16. The van der Waals surface area contributed by atoms with Crippen LogP contribution in [0.3, 0.4) is 0 Å². The van der Waals surface area contributed by atoms with Gasteiger partial charge in [-0.25, -0.2) is 13.6 Å². The number of piperazine rings is 1. The molecule has 0 bridgehead atoms. The van der Waals surface area contributed by atoms with E-state index in [9.17, 15) is 18.4 Å². The number of pyridine rings is 1. The summed E-state index contributed by atoms with van der Waals surface area (Å²) in [4.78, 5) is 27.0. The van der Waals surface area contributed by atoms with E-state index in [2.05, 4.69) is 4.90 Å². The Bertz CT molecular complexity index is 905. The third kappa shape index (κ3) is 2.80. The number of carboxylic acids is 1. The smallest absolute Gasteiger partial charge is 0.341 e. The molecule has 9 heteroatoms. The molecule has 3 N–H and O–H groups in total. The molecular weight excluding hydrogens is 334 g/mol. The first kappa shape index (κ1) is 17.2. The van der Waals surface area contributed by atoms with Gasteiger partial charge in [-0.2, -0.15) is 0 Å². The van der Waals surface area contributed by atoms with Crippen LogP contribution in [0.2, 0.25) is 0 Å². The molecule has 0 unspecified atom stereocenters. The highest BCUT2D eigenvalue weighted by molar-refractivity contribution is 5.93. The average Bonchev–Trinajstić information content (AvgIpc) is 2.58. The monoisotopic (exact) mass is 352 g/mol. The van der Waals surface area contributed by atoms with E-state index >= 15 is 0 Å². The minimum absolute atomic E-state index is 0.245. The molecule has 1 aliphatic rings. The summed E-state index contributed by atoms with van der Waals surface area (Å²) in [6, 6.07) is 0.859. The number of nitrogens with two attached hydrogens (primary N) is 1. The highest BCUT2D eigenvalue weighted by Crippen LogP contribution is 2.30. The number of carbonyl (C=O) groups is 1. The summed E-state index contributed by atoms with van der Waals surface area (Å²) in [5.41, 5.74) is -2.17. The van der Waals surface area contributed by atoms with Crippen LogP contribution in [-0.2, 0) is 0 Å². The van der Waals surface area contributed by atoms with Crippen LogP contribution in [0.1, 0.15) is 17.3 Å². The van der Waals surface area contributed by atoms with Crippen LogP contribution in [0.5, 0.6) is 0 Å². The van der Waals surface area contributed by atoms with Gasteiger partial charge in [-0.15, -0.1) is 0 Å². The predicted octanol–water partition coefficient (Wildman–Crippen LogP) is 0.834. The average molecular weight is 352 g/mol.